The summed E-state index contributed by atoms with van der Waals surface area (Å²) in [5, 5.41) is 20.6. The standard InChI is InChI=1S/C14H12BN3O4/c19-13(16-10-7-5-9(6-8-10)15(21)22)18-12-4-2-1-3-11(12)17-14(18)20/h1-8,21-22H,(H,16,19)(H,17,20). The molecule has 0 aliphatic rings. The number of nitrogens with zero attached hydrogens (tertiary/aromatic N) is 1. The van der Waals surface area contributed by atoms with Gasteiger partial charge >= 0.3 is 18.8 Å². The summed E-state index contributed by atoms with van der Waals surface area (Å²) in [7, 11) is -1.57. The van der Waals surface area contributed by atoms with Gasteiger partial charge in [0.25, 0.3) is 0 Å². The molecule has 0 fully saturated rings. The van der Waals surface area contributed by atoms with Crippen molar-refractivity contribution in [3.05, 3.63) is 59.0 Å². The van der Waals surface area contributed by atoms with Crippen LogP contribution in [0.5, 0.6) is 0 Å². The first-order valence-electron chi connectivity index (χ1n) is 6.53. The van der Waals surface area contributed by atoms with Gasteiger partial charge in [-0.2, -0.15) is 0 Å². The second-order valence-electron chi connectivity index (χ2n) is 4.71. The van der Waals surface area contributed by atoms with E-state index in [2.05, 4.69) is 10.3 Å². The molecular weight excluding hydrogens is 285 g/mol. The van der Waals surface area contributed by atoms with Gasteiger partial charge in [-0.15, -0.1) is 0 Å². The van der Waals surface area contributed by atoms with Gasteiger partial charge in [0.05, 0.1) is 11.0 Å². The number of imidazole rings is 1. The first-order chi connectivity index (χ1) is 10.6. The average Bonchev–Trinajstić information content (AvgIpc) is 2.83. The molecule has 1 aromatic heterocycles. The molecule has 0 unspecified atom stereocenters. The van der Waals surface area contributed by atoms with E-state index in [0.717, 1.165) is 4.57 Å². The van der Waals surface area contributed by atoms with Crippen LogP contribution in [0.15, 0.2) is 53.3 Å². The van der Waals surface area contributed by atoms with Crippen LogP contribution in [0.1, 0.15) is 0 Å². The number of benzene rings is 2. The normalized spacial score (nSPS) is 10.6. The number of aromatic amines is 1. The minimum absolute atomic E-state index is 0.308. The highest BCUT2D eigenvalue weighted by atomic mass is 16.4. The van der Waals surface area contributed by atoms with Crippen molar-refractivity contribution in [3.63, 3.8) is 0 Å². The molecule has 0 bridgehead atoms. The molecule has 0 radical (unpaired) electrons. The van der Waals surface area contributed by atoms with E-state index in [-0.39, 0.29) is 0 Å². The maximum absolute atomic E-state index is 12.3. The minimum atomic E-state index is -1.57. The summed E-state index contributed by atoms with van der Waals surface area (Å²) in [4.78, 5) is 26.8. The topological polar surface area (TPSA) is 107 Å². The molecule has 0 aliphatic heterocycles. The van der Waals surface area contributed by atoms with Gasteiger partial charge in [0.1, 0.15) is 0 Å². The van der Waals surface area contributed by atoms with Crippen molar-refractivity contribution in [3.8, 4) is 0 Å². The van der Waals surface area contributed by atoms with Crippen LogP contribution < -0.4 is 16.5 Å². The molecule has 3 rings (SSSR count). The first kappa shape index (κ1) is 14.1. The third kappa shape index (κ3) is 2.52. The SMILES string of the molecule is O=C(Nc1ccc(B(O)O)cc1)n1c(=O)[nH]c2ccccc21. The van der Waals surface area contributed by atoms with Gasteiger partial charge in [0.2, 0.25) is 0 Å². The number of rotatable bonds is 2. The Hall–Kier alpha value is -2.84. The first-order valence-corrected chi connectivity index (χ1v) is 6.53. The zero-order valence-electron chi connectivity index (χ0n) is 11.4. The van der Waals surface area contributed by atoms with Crippen LogP contribution in [-0.2, 0) is 0 Å². The van der Waals surface area contributed by atoms with Crippen LogP contribution in [0, 0.1) is 0 Å². The molecule has 22 heavy (non-hydrogen) atoms. The van der Waals surface area contributed by atoms with Crippen LogP contribution >= 0.6 is 0 Å². The Morgan fingerprint density at radius 3 is 2.45 bits per heavy atom. The molecular formula is C14H12BN3O4. The Kier molecular flexibility index (Phi) is 3.54. The highest BCUT2D eigenvalue weighted by Gasteiger charge is 2.14. The monoisotopic (exact) mass is 297 g/mol. The zero-order chi connectivity index (χ0) is 15.7. The molecule has 3 aromatic rings. The number of nitrogens with one attached hydrogen (secondary N) is 2. The van der Waals surface area contributed by atoms with Gasteiger partial charge in [-0.25, -0.2) is 14.2 Å². The number of carbonyl (C=O) groups is 1. The van der Waals surface area contributed by atoms with E-state index in [9.17, 15) is 9.59 Å². The van der Waals surface area contributed by atoms with E-state index in [4.69, 9.17) is 10.0 Å². The number of para-hydroxylation sites is 2. The number of hydrogen-bond donors (Lipinski definition) is 4. The van der Waals surface area contributed by atoms with Crippen molar-refractivity contribution in [2.75, 3.05) is 5.32 Å². The average molecular weight is 297 g/mol. The second kappa shape index (κ2) is 5.51. The molecule has 8 heteroatoms. The maximum atomic E-state index is 12.3. The number of H-pyrrole nitrogens is 1. The molecule has 4 N–H and O–H groups in total. The van der Waals surface area contributed by atoms with Crippen LogP contribution in [0.25, 0.3) is 11.0 Å². The lowest BCUT2D eigenvalue weighted by atomic mass is 9.80. The van der Waals surface area contributed by atoms with Crippen molar-refractivity contribution in [2.24, 2.45) is 0 Å². The molecule has 110 valence electrons. The lowest BCUT2D eigenvalue weighted by Gasteiger charge is -2.07. The number of fused-ring (bicyclic) bond motifs is 1. The van der Waals surface area contributed by atoms with Crippen molar-refractivity contribution in [1.29, 1.82) is 0 Å². The molecule has 0 saturated carbocycles. The third-order valence-electron chi connectivity index (χ3n) is 3.25. The molecule has 7 nitrogen and oxygen atoms in total. The molecule has 2 aromatic carbocycles. The Morgan fingerprint density at radius 2 is 1.77 bits per heavy atom. The van der Waals surface area contributed by atoms with Gasteiger partial charge in [-0.3, -0.25) is 0 Å². The fourth-order valence-electron chi connectivity index (χ4n) is 2.17. The van der Waals surface area contributed by atoms with Crippen LogP contribution in [0.3, 0.4) is 0 Å². The van der Waals surface area contributed by atoms with Crippen molar-refractivity contribution < 1.29 is 14.8 Å². The third-order valence-corrected chi connectivity index (χ3v) is 3.25. The summed E-state index contributed by atoms with van der Waals surface area (Å²) in [6, 6.07) is 12.3. The summed E-state index contributed by atoms with van der Waals surface area (Å²) >= 11 is 0. The van der Waals surface area contributed by atoms with Gasteiger partial charge in [-0.05, 0) is 29.7 Å². The van der Waals surface area contributed by atoms with E-state index in [1.54, 1.807) is 24.3 Å². The number of aromatic nitrogens is 2. The lowest BCUT2D eigenvalue weighted by molar-refractivity contribution is 0.253. The second-order valence-corrected chi connectivity index (χ2v) is 4.71. The summed E-state index contributed by atoms with van der Waals surface area (Å²) in [6.07, 6.45) is 0. The Balaban J connectivity index is 1.90. The molecule has 0 spiro atoms. The van der Waals surface area contributed by atoms with Crippen molar-refractivity contribution in [2.45, 2.75) is 0 Å². The Morgan fingerprint density at radius 1 is 1.09 bits per heavy atom. The Labute approximate surface area is 125 Å². The number of anilines is 1. The smallest absolute Gasteiger partial charge is 0.423 e. The van der Waals surface area contributed by atoms with Crippen LogP contribution in [0.2, 0.25) is 0 Å². The number of amides is 1. The van der Waals surface area contributed by atoms with Crippen LogP contribution in [0.4, 0.5) is 10.5 Å². The highest BCUT2D eigenvalue weighted by molar-refractivity contribution is 6.58. The van der Waals surface area contributed by atoms with Gasteiger partial charge in [0, 0.05) is 5.69 Å². The fraction of sp³-hybridized carbons (Fsp3) is 0. The molecule has 1 heterocycles. The fourth-order valence-corrected chi connectivity index (χ4v) is 2.17. The number of carbonyl (C=O) groups excluding carboxylic acids is 1. The van der Waals surface area contributed by atoms with Gasteiger partial charge < -0.3 is 20.3 Å². The summed E-state index contributed by atoms with van der Waals surface area (Å²) < 4.78 is 1.00. The quantitative estimate of drug-likeness (QED) is 0.503. The number of hydrogen-bond acceptors (Lipinski definition) is 4. The van der Waals surface area contributed by atoms with Crippen LogP contribution in [-0.4, -0.2) is 32.7 Å². The van der Waals surface area contributed by atoms with E-state index in [1.807, 2.05) is 0 Å². The van der Waals surface area contributed by atoms with E-state index >= 15 is 0 Å². The van der Waals surface area contributed by atoms with Crippen molar-refractivity contribution >= 4 is 35.3 Å². The van der Waals surface area contributed by atoms with E-state index < -0.39 is 18.8 Å². The van der Waals surface area contributed by atoms with E-state index in [0.29, 0.717) is 22.2 Å². The van der Waals surface area contributed by atoms with E-state index in [1.165, 1.54) is 24.3 Å². The predicted molar refractivity (Wildman–Crippen MR) is 83.2 cm³/mol. The molecule has 0 aliphatic carbocycles. The summed E-state index contributed by atoms with van der Waals surface area (Å²) in [6.45, 7) is 0. The van der Waals surface area contributed by atoms with Gasteiger partial charge in [-0.1, -0.05) is 24.3 Å². The molecule has 1 amide bonds. The van der Waals surface area contributed by atoms with Gasteiger partial charge in [0.15, 0.2) is 0 Å². The minimum Gasteiger partial charge on any atom is -0.423 e. The molecule has 0 saturated heterocycles. The largest absolute Gasteiger partial charge is 0.488 e. The van der Waals surface area contributed by atoms with Crippen molar-refractivity contribution in [1.82, 2.24) is 9.55 Å². The predicted octanol–water partition coefficient (Wildman–Crippen LogP) is 0.0896. The maximum Gasteiger partial charge on any atom is 0.488 e. The molecule has 0 atom stereocenters. The summed E-state index contributed by atoms with van der Waals surface area (Å²) in [5.41, 5.74) is 1.27. The zero-order valence-corrected chi connectivity index (χ0v) is 11.4. The summed E-state index contributed by atoms with van der Waals surface area (Å²) in [5.74, 6) is 0. The lowest BCUT2D eigenvalue weighted by Crippen LogP contribution is -2.31. The highest BCUT2D eigenvalue weighted by Crippen LogP contribution is 2.10. The Bertz CT molecular complexity index is 883.